The van der Waals surface area contributed by atoms with Gasteiger partial charge in [-0.15, -0.1) is 0 Å². The first-order valence-corrected chi connectivity index (χ1v) is 8.76. The summed E-state index contributed by atoms with van der Waals surface area (Å²) in [5.41, 5.74) is 0.278. The van der Waals surface area contributed by atoms with Crippen molar-refractivity contribution in [1.82, 2.24) is 14.9 Å². The summed E-state index contributed by atoms with van der Waals surface area (Å²) in [7, 11) is 0. The summed E-state index contributed by atoms with van der Waals surface area (Å²) in [6.07, 6.45) is 3.54. The standard InChI is InChI=1S/C17H26ClN3O3/c1-12-11-14(18)20-15(19-12)23-10-8-13-7-5-6-9-21(13)16(22)24-17(2,3)4/h11,13H,5-10H2,1-4H3/t13-/m1/s1. The summed E-state index contributed by atoms with van der Waals surface area (Å²) in [4.78, 5) is 22.4. The molecule has 0 radical (unpaired) electrons. The second-order valence-corrected chi connectivity index (χ2v) is 7.46. The molecule has 0 saturated carbocycles. The van der Waals surface area contributed by atoms with Crippen LogP contribution >= 0.6 is 11.6 Å². The van der Waals surface area contributed by atoms with Gasteiger partial charge in [-0.2, -0.15) is 4.98 Å². The highest BCUT2D eigenvalue weighted by atomic mass is 35.5. The van der Waals surface area contributed by atoms with Crippen molar-refractivity contribution in [2.24, 2.45) is 0 Å². The van der Waals surface area contributed by atoms with Crippen molar-refractivity contribution in [2.45, 2.75) is 65.0 Å². The van der Waals surface area contributed by atoms with E-state index in [0.29, 0.717) is 18.2 Å². The summed E-state index contributed by atoms with van der Waals surface area (Å²) in [6.45, 7) is 8.64. The number of aromatic nitrogens is 2. The van der Waals surface area contributed by atoms with Gasteiger partial charge in [0.1, 0.15) is 10.8 Å². The Morgan fingerprint density at radius 1 is 1.38 bits per heavy atom. The number of nitrogens with zero attached hydrogens (tertiary/aromatic N) is 3. The molecule has 1 aromatic heterocycles. The molecule has 24 heavy (non-hydrogen) atoms. The molecule has 0 aromatic carbocycles. The third-order valence-corrected chi connectivity index (χ3v) is 3.93. The van der Waals surface area contributed by atoms with Crippen molar-refractivity contribution in [3.8, 4) is 6.01 Å². The normalized spacial score (nSPS) is 18.4. The number of ether oxygens (including phenoxy) is 2. The fourth-order valence-electron chi connectivity index (χ4n) is 2.72. The minimum absolute atomic E-state index is 0.119. The summed E-state index contributed by atoms with van der Waals surface area (Å²) in [6, 6.07) is 2.08. The number of aryl methyl sites for hydroxylation is 1. The zero-order valence-corrected chi connectivity index (χ0v) is 15.6. The Morgan fingerprint density at radius 2 is 2.12 bits per heavy atom. The largest absolute Gasteiger partial charge is 0.463 e. The first kappa shape index (κ1) is 18.8. The van der Waals surface area contributed by atoms with Crippen molar-refractivity contribution in [2.75, 3.05) is 13.2 Å². The number of hydrogen-bond donors (Lipinski definition) is 0. The van der Waals surface area contributed by atoms with Gasteiger partial charge in [0.25, 0.3) is 0 Å². The SMILES string of the molecule is Cc1cc(Cl)nc(OCC[C@H]2CCCCN2C(=O)OC(C)(C)C)n1. The van der Waals surface area contributed by atoms with Crippen LogP contribution in [0.4, 0.5) is 4.79 Å². The van der Waals surface area contributed by atoms with Crippen LogP contribution in [0.3, 0.4) is 0 Å². The molecule has 0 N–H and O–H groups in total. The Bertz CT molecular complexity index is 554. The number of likely N-dealkylation sites (tertiary alicyclic amines) is 1. The first-order chi connectivity index (χ1) is 11.2. The Balaban J connectivity index is 1.90. The van der Waals surface area contributed by atoms with E-state index in [1.807, 2.05) is 32.6 Å². The van der Waals surface area contributed by atoms with Crippen LogP contribution in [0.2, 0.25) is 5.15 Å². The minimum Gasteiger partial charge on any atom is -0.463 e. The third-order valence-electron chi connectivity index (χ3n) is 3.74. The molecule has 6 nitrogen and oxygen atoms in total. The number of carbonyl (C=O) groups is 1. The molecule has 1 aliphatic rings. The zero-order chi connectivity index (χ0) is 17.7. The van der Waals surface area contributed by atoms with Crippen molar-refractivity contribution in [3.63, 3.8) is 0 Å². The summed E-state index contributed by atoms with van der Waals surface area (Å²) < 4.78 is 11.1. The average molecular weight is 356 g/mol. The predicted octanol–water partition coefficient (Wildman–Crippen LogP) is 4.00. The van der Waals surface area contributed by atoms with Gasteiger partial charge in [-0.3, -0.25) is 0 Å². The molecule has 0 bridgehead atoms. The number of carbonyl (C=O) groups excluding carboxylic acids is 1. The molecule has 1 atom stereocenters. The summed E-state index contributed by atoms with van der Waals surface area (Å²) in [5.74, 6) is 0. The van der Waals surface area contributed by atoms with E-state index >= 15 is 0 Å². The van der Waals surface area contributed by atoms with Gasteiger partial charge in [-0.1, -0.05) is 11.6 Å². The van der Waals surface area contributed by atoms with E-state index in [1.54, 1.807) is 6.07 Å². The van der Waals surface area contributed by atoms with E-state index in [2.05, 4.69) is 9.97 Å². The maximum Gasteiger partial charge on any atom is 0.410 e. The fraction of sp³-hybridized carbons (Fsp3) is 0.706. The minimum atomic E-state index is -0.484. The number of amides is 1. The highest BCUT2D eigenvalue weighted by molar-refractivity contribution is 6.29. The van der Waals surface area contributed by atoms with Crippen molar-refractivity contribution < 1.29 is 14.3 Å². The van der Waals surface area contributed by atoms with Gasteiger partial charge in [0, 0.05) is 24.7 Å². The van der Waals surface area contributed by atoms with Gasteiger partial charge in [0.05, 0.1) is 6.61 Å². The van der Waals surface area contributed by atoms with Gasteiger partial charge in [0.2, 0.25) is 0 Å². The van der Waals surface area contributed by atoms with Gasteiger partial charge >= 0.3 is 12.1 Å². The zero-order valence-electron chi connectivity index (χ0n) is 14.8. The number of rotatable bonds is 4. The molecule has 2 rings (SSSR count). The third kappa shape index (κ3) is 5.82. The molecule has 1 aromatic rings. The predicted molar refractivity (Wildman–Crippen MR) is 92.5 cm³/mol. The molecular weight excluding hydrogens is 330 g/mol. The summed E-state index contributed by atoms with van der Waals surface area (Å²) in [5, 5.41) is 0.366. The maximum absolute atomic E-state index is 12.4. The molecule has 0 unspecified atom stereocenters. The van der Waals surface area contributed by atoms with Gasteiger partial charge in [-0.05, 0) is 53.0 Å². The number of piperidine rings is 1. The van der Waals surface area contributed by atoms with E-state index in [4.69, 9.17) is 21.1 Å². The van der Waals surface area contributed by atoms with Crippen LogP contribution in [0, 0.1) is 6.92 Å². The van der Waals surface area contributed by atoms with E-state index in [0.717, 1.165) is 31.5 Å². The van der Waals surface area contributed by atoms with E-state index < -0.39 is 5.60 Å². The molecular formula is C17H26ClN3O3. The lowest BCUT2D eigenvalue weighted by Crippen LogP contribution is -2.46. The van der Waals surface area contributed by atoms with Crippen LogP contribution < -0.4 is 4.74 Å². The molecule has 1 saturated heterocycles. The summed E-state index contributed by atoms with van der Waals surface area (Å²) >= 11 is 5.90. The van der Waals surface area contributed by atoms with Gasteiger partial charge < -0.3 is 14.4 Å². The van der Waals surface area contributed by atoms with Gasteiger partial charge in [0.15, 0.2) is 0 Å². The van der Waals surface area contributed by atoms with Crippen LogP contribution in [-0.2, 0) is 4.74 Å². The molecule has 7 heteroatoms. The van der Waals surface area contributed by atoms with Crippen LogP contribution in [0.15, 0.2) is 6.07 Å². The van der Waals surface area contributed by atoms with Crippen LogP contribution in [0.1, 0.15) is 52.1 Å². The Hall–Kier alpha value is -1.56. The second kappa shape index (κ2) is 8.01. The quantitative estimate of drug-likeness (QED) is 0.764. The van der Waals surface area contributed by atoms with Crippen molar-refractivity contribution in [3.05, 3.63) is 16.9 Å². The van der Waals surface area contributed by atoms with E-state index in [1.165, 1.54) is 0 Å². The van der Waals surface area contributed by atoms with Crippen LogP contribution in [-0.4, -0.2) is 45.8 Å². The van der Waals surface area contributed by atoms with Crippen LogP contribution in [0.25, 0.3) is 0 Å². The smallest absolute Gasteiger partial charge is 0.410 e. The van der Waals surface area contributed by atoms with E-state index in [9.17, 15) is 4.79 Å². The lowest BCUT2D eigenvalue weighted by atomic mass is 10.0. The highest BCUT2D eigenvalue weighted by Crippen LogP contribution is 2.23. The molecule has 1 fully saturated rings. The molecule has 0 spiro atoms. The van der Waals surface area contributed by atoms with Gasteiger partial charge in [-0.25, -0.2) is 9.78 Å². The second-order valence-electron chi connectivity index (χ2n) is 7.08. The molecule has 134 valence electrons. The molecule has 1 aliphatic heterocycles. The van der Waals surface area contributed by atoms with E-state index in [-0.39, 0.29) is 18.1 Å². The monoisotopic (exact) mass is 355 g/mol. The maximum atomic E-state index is 12.4. The Labute approximate surface area is 148 Å². The lowest BCUT2D eigenvalue weighted by Gasteiger charge is -2.36. The fourth-order valence-corrected chi connectivity index (χ4v) is 2.95. The van der Waals surface area contributed by atoms with Crippen molar-refractivity contribution in [1.29, 1.82) is 0 Å². The molecule has 1 amide bonds. The lowest BCUT2D eigenvalue weighted by molar-refractivity contribution is 0.00732. The topological polar surface area (TPSA) is 64.5 Å². The van der Waals surface area contributed by atoms with Crippen molar-refractivity contribution >= 4 is 17.7 Å². The highest BCUT2D eigenvalue weighted by Gasteiger charge is 2.30. The van der Waals surface area contributed by atoms with Crippen LogP contribution in [0.5, 0.6) is 6.01 Å². The number of halogens is 1. The Kier molecular flexibility index (Phi) is 6.27. The molecule has 2 heterocycles. The first-order valence-electron chi connectivity index (χ1n) is 8.38. The Morgan fingerprint density at radius 3 is 2.79 bits per heavy atom. The number of hydrogen-bond acceptors (Lipinski definition) is 5. The average Bonchev–Trinajstić information content (AvgIpc) is 2.45. The molecule has 0 aliphatic carbocycles.